The third kappa shape index (κ3) is 3.33. The molecule has 2 rings (SSSR count). The second-order valence-electron chi connectivity index (χ2n) is 4.22. The quantitative estimate of drug-likeness (QED) is 0.600. The molecule has 0 radical (unpaired) electrons. The number of rotatable bonds is 6. The predicted octanol–water partition coefficient (Wildman–Crippen LogP) is 0.969. The molecule has 0 bridgehead atoms. The second-order valence-corrected chi connectivity index (χ2v) is 4.22. The minimum Gasteiger partial charge on any atom is -0.271 e. The van der Waals surface area contributed by atoms with E-state index >= 15 is 0 Å². The zero-order chi connectivity index (χ0) is 13.7. The Balaban J connectivity index is 2.14. The van der Waals surface area contributed by atoms with Crippen LogP contribution in [-0.2, 0) is 13.0 Å². The smallest absolute Gasteiger partial charge is 0.141 e. The van der Waals surface area contributed by atoms with Crippen molar-refractivity contribution in [2.24, 2.45) is 5.84 Å². The van der Waals surface area contributed by atoms with Gasteiger partial charge in [0, 0.05) is 13.0 Å². The third-order valence-electron chi connectivity index (χ3n) is 2.83. The Hall–Kier alpha value is -1.86. The number of aromatic nitrogens is 4. The lowest BCUT2D eigenvalue weighted by Gasteiger charge is -2.15. The molecule has 1 atom stereocenters. The Morgan fingerprint density at radius 3 is 2.89 bits per heavy atom. The molecule has 7 heteroatoms. The first-order valence-electron chi connectivity index (χ1n) is 6.18. The van der Waals surface area contributed by atoms with Gasteiger partial charge in [0.25, 0.3) is 0 Å². The molecule has 0 saturated heterocycles. The van der Waals surface area contributed by atoms with Gasteiger partial charge in [0.1, 0.15) is 18.0 Å². The van der Waals surface area contributed by atoms with Crippen LogP contribution in [0.1, 0.15) is 30.9 Å². The van der Waals surface area contributed by atoms with Crippen LogP contribution >= 0.6 is 0 Å². The summed E-state index contributed by atoms with van der Waals surface area (Å²) in [5.41, 5.74) is 3.36. The lowest BCUT2D eigenvalue weighted by Crippen LogP contribution is -2.31. The summed E-state index contributed by atoms with van der Waals surface area (Å²) in [6.07, 6.45) is 4.23. The summed E-state index contributed by atoms with van der Waals surface area (Å²) in [7, 11) is 0. The highest BCUT2D eigenvalue weighted by Gasteiger charge is 2.15. The van der Waals surface area contributed by atoms with E-state index in [1.54, 1.807) is 6.07 Å². The van der Waals surface area contributed by atoms with Gasteiger partial charge in [-0.15, -0.1) is 0 Å². The monoisotopic (exact) mass is 264 g/mol. The van der Waals surface area contributed by atoms with Crippen LogP contribution in [0.5, 0.6) is 0 Å². The molecule has 2 aromatic rings. The number of hydrogen-bond acceptors (Lipinski definition) is 5. The van der Waals surface area contributed by atoms with E-state index in [1.807, 2.05) is 4.68 Å². The molecule has 0 spiro atoms. The average molecular weight is 264 g/mol. The summed E-state index contributed by atoms with van der Waals surface area (Å²) in [5.74, 6) is 6.00. The lowest BCUT2D eigenvalue weighted by molar-refractivity contribution is 0.489. The van der Waals surface area contributed by atoms with Crippen LogP contribution in [0.15, 0.2) is 24.7 Å². The molecule has 0 aliphatic carbocycles. The summed E-state index contributed by atoms with van der Waals surface area (Å²) in [6, 6.07) is 2.75. The van der Waals surface area contributed by atoms with Crippen LogP contribution in [0.2, 0.25) is 0 Å². The van der Waals surface area contributed by atoms with Crippen molar-refractivity contribution in [3.63, 3.8) is 0 Å². The topological polar surface area (TPSA) is 81.7 Å². The van der Waals surface area contributed by atoms with Gasteiger partial charge in [-0.1, -0.05) is 6.92 Å². The van der Waals surface area contributed by atoms with Crippen molar-refractivity contribution in [3.05, 3.63) is 42.0 Å². The minimum atomic E-state index is -0.367. The molecular weight excluding hydrogens is 247 g/mol. The van der Waals surface area contributed by atoms with Crippen molar-refractivity contribution in [2.45, 2.75) is 32.4 Å². The second kappa shape index (κ2) is 6.35. The maximum atomic E-state index is 12.9. The lowest BCUT2D eigenvalue weighted by atomic mass is 10.1. The van der Waals surface area contributed by atoms with Gasteiger partial charge in [-0.05, 0) is 18.6 Å². The molecule has 0 aliphatic rings. The Bertz CT molecular complexity index is 509. The molecule has 0 amide bonds. The summed E-state index contributed by atoms with van der Waals surface area (Å²) in [5, 5.41) is 4.16. The van der Waals surface area contributed by atoms with Crippen molar-refractivity contribution >= 4 is 0 Å². The van der Waals surface area contributed by atoms with Gasteiger partial charge in [-0.2, -0.15) is 5.10 Å². The van der Waals surface area contributed by atoms with Gasteiger partial charge in [0.15, 0.2) is 0 Å². The maximum Gasteiger partial charge on any atom is 0.141 e. The Morgan fingerprint density at radius 1 is 1.42 bits per heavy atom. The first-order valence-corrected chi connectivity index (χ1v) is 6.18. The number of aryl methyl sites for hydroxylation is 1. The standard InChI is InChI=1S/C12H17FN6/c1-2-5-19-12(16-8-17-19)6-11(18-14)10-4-3-9(13)7-15-10/h3-4,7-8,11,18H,2,5-6,14H2,1H3. The van der Waals surface area contributed by atoms with E-state index in [0.29, 0.717) is 12.1 Å². The SMILES string of the molecule is CCCn1ncnc1CC(NN)c1ccc(F)cn1. The van der Waals surface area contributed by atoms with Crippen LogP contribution in [-0.4, -0.2) is 19.7 Å². The highest BCUT2D eigenvalue weighted by Crippen LogP contribution is 2.14. The van der Waals surface area contributed by atoms with Crippen molar-refractivity contribution in [1.82, 2.24) is 25.2 Å². The molecular formula is C12H17FN6. The number of pyridine rings is 1. The van der Waals surface area contributed by atoms with Crippen LogP contribution in [0, 0.1) is 5.82 Å². The van der Waals surface area contributed by atoms with E-state index in [0.717, 1.165) is 18.8 Å². The van der Waals surface area contributed by atoms with Gasteiger partial charge >= 0.3 is 0 Å². The van der Waals surface area contributed by atoms with E-state index in [1.165, 1.54) is 18.6 Å². The molecule has 0 aromatic carbocycles. The van der Waals surface area contributed by atoms with E-state index in [-0.39, 0.29) is 11.9 Å². The number of nitrogens with one attached hydrogen (secondary N) is 1. The van der Waals surface area contributed by atoms with Gasteiger partial charge in [0.05, 0.1) is 17.9 Å². The van der Waals surface area contributed by atoms with Crippen LogP contribution in [0.4, 0.5) is 4.39 Å². The van der Waals surface area contributed by atoms with E-state index in [4.69, 9.17) is 5.84 Å². The predicted molar refractivity (Wildman–Crippen MR) is 68.3 cm³/mol. The van der Waals surface area contributed by atoms with Crippen LogP contribution in [0.3, 0.4) is 0 Å². The van der Waals surface area contributed by atoms with Crippen molar-refractivity contribution in [1.29, 1.82) is 0 Å². The minimum absolute atomic E-state index is 0.222. The van der Waals surface area contributed by atoms with Crippen molar-refractivity contribution < 1.29 is 4.39 Å². The first kappa shape index (κ1) is 13.6. The fourth-order valence-electron chi connectivity index (χ4n) is 1.87. The largest absolute Gasteiger partial charge is 0.271 e. The Labute approximate surface area is 110 Å². The molecule has 0 fully saturated rings. The Morgan fingerprint density at radius 2 is 2.26 bits per heavy atom. The van der Waals surface area contributed by atoms with Gasteiger partial charge in [0.2, 0.25) is 0 Å². The molecule has 3 N–H and O–H groups in total. The maximum absolute atomic E-state index is 12.9. The molecule has 2 heterocycles. The van der Waals surface area contributed by atoms with E-state index < -0.39 is 0 Å². The fourth-order valence-corrected chi connectivity index (χ4v) is 1.87. The zero-order valence-electron chi connectivity index (χ0n) is 10.8. The van der Waals surface area contributed by atoms with Gasteiger partial charge in [-0.25, -0.2) is 9.37 Å². The average Bonchev–Trinajstić information content (AvgIpc) is 2.85. The highest BCUT2D eigenvalue weighted by atomic mass is 19.1. The van der Waals surface area contributed by atoms with Crippen molar-refractivity contribution in [2.75, 3.05) is 0 Å². The summed E-state index contributed by atoms with van der Waals surface area (Å²) >= 11 is 0. The normalized spacial score (nSPS) is 12.6. The number of hydrogen-bond donors (Lipinski definition) is 2. The molecule has 6 nitrogen and oxygen atoms in total. The number of nitrogens with zero attached hydrogens (tertiary/aromatic N) is 4. The molecule has 19 heavy (non-hydrogen) atoms. The number of halogens is 1. The van der Waals surface area contributed by atoms with Crippen molar-refractivity contribution in [3.8, 4) is 0 Å². The van der Waals surface area contributed by atoms with Crippen LogP contribution < -0.4 is 11.3 Å². The molecule has 0 aliphatic heterocycles. The Kier molecular flexibility index (Phi) is 4.53. The molecule has 1 unspecified atom stereocenters. The van der Waals surface area contributed by atoms with E-state index in [9.17, 15) is 4.39 Å². The molecule has 2 aromatic heterocycles. The fraction of sp³-hybridized carbons (Fsp3) is 0.417. The number of hydrazine groups is 1. The van der Waals surface area contributed by atoms with Crippen LogP contribution in [0.25, 0.3) is 0 Å². The summed E-state index contributed by atoms with van der Waals surface area (Å²) in [4.78, 5) is 8.25. The summed E-state index contributed by atoms with van der Waals surface area (Å²) < 4.78 is 14.7. The first-order chi connectivity index (χ1) is 9.24. The summed E-state index contributed by atoms with van der Waals surface area (Å²) in [6.45, 7) is 2.88. The third-order valence-corrected chi connectivity index (χ3v) is 2.83. The zero-order valence-corrected chi connectivity index (χ0v) is 10.8. The van der Waals surface area contributed by atoms with Gasteiger partial charge in [-0.3, -0.25) is 20.9 Å². The molecule has 102 valence electrons. The number of nitrogens with two attached hydrogens (primary N) is 1. The highest BCUT2D eigenvalue weighted by molar-refractivity contribution is 5.11. The van der Waals surface area contributed by atoms with Gasteiger partial charge < -0.3 is 0 Å². The molecule has 0 saturated carbocycles. The van der Waals surface area contributed by atoms with E-state index in [2.05, 4.69) is 27.4 Å².